The molecule has 6 heteroatoms. The summed E-state index contributed by atoms with van der Waals surface area (Å²) in [7, 11) is 0. The molecule has 0 radical (unpaired) electrons. The number of aromatic nitrogens is 3. The molecular weight excluding hydrogens is 318 g/mol. The van der Waals surface area contributed by atoms with Gasteiger partial charge in [0, 0.05) is 22.4 Å². The molecule has 0 aromatic carbocycles. The van der Waals surface area contributed by atoms with Gasteiger partial charge in [-0.25, -0.2) is 4.98 Å². The van der Waals surface area contributed by atoms with Crippen molar-refractivity contribution in [2.75, 3.05) is 0 Å². The van der Waals surface area contributed by atoms with Crippen molar-refractivity contribution in [1.29, 1.82) is 0 Å². The molecular formula is C7H3Br2N3S. The number of halogens is 2. The lowest BCUT2D eigenvalue weighted by Crippen LogP contribution is -1.81. The third-order valence-corrected chi connectivity index (χ3v) is 2.92. The number of hydrogen-bond donors (Lipinski definition) is 0. The van der Waals surface area contributed by atoms with E-state index in [2.05, 4.69) is 46.2 Å². The van der Waals surface area contributed by atoms with E-state index in [1.165, 1.54) is 11.5 Å². The minimum absolute atomic E-state index is 0.700. The van der Waals surface area contributed by atoms with Gasteiger partial charge < -0.3 is 0 Å². The van der Waals surface area contributed by atoms with Crippen LogP contribution in [0.4, 0.5) is 0 Å². The van der Waals surface area contributed by atoms with Gasteiger partial charge >= 0.3 is 0 Å². The van der Waals surface area contributed by atoms with Crippen LogP contribution in [0, 0.1) is 0 Å². The van der Waals surface area contributed by atoms with Gasteiger partial charge in [-0.2, -0.15) is 4.37 Å². The second-order valence-corrected chi connectivity index (χ2v) is 5.21. The second kappa shape index (κ2) is 3.81. The van der Waals surface area contributed by atoms with Gasteiger partial charge in [0.25, 0.3) is 0 Å². The monoisotopic (exact) mass is 319 g/mol. The molecule has 0 aliphatic carbocycles. The van der Waals surface area contributed by atoms with E-state index in [0.717, 1.165) is 14.0 Å². The topological polar surface area (TPSA) is 38.7 Å². The highest BCUT2D eigenvalue weighted by atomic mass is 79.9. The Morgan fingerprint density at radius 3 is 2.69 bits per heavy atom. The molecule has 13 heavy (non-hydrogen) atoms. The molecule has 2 rings (SSSR count). The fourth-order valence-corrected chi connectivity index (χ4v) is 2.04. The maximum absolute atomic E-state index is 4.19. The molecule has 2 heterocycles. The molecule has 3 nitrogen and oxygen atoms in total. The lowest BCUT2D eigenvalue weighted by Gasteiger charge is -1.93. The number of rotatable bonds is 1. The van der Waals surface area contributed by atoms with Gasteiger partial charge in [0.2, 0.25) is 0 Å². The number of pyridine rings is 1. The second-order valence-electron chi connectivity index (χ2n) is 2.26. The molecule has 0 aliphatic rings. The van der Waals surface area contributed by atoms with Gasteiger partial charge in [-0.05, 0) is 49.5 Å². The van der Waals surface area contributed by atoms with Crippen LogP contribution in [0.3, 0.4) is 0 Å². The summed E-state index contributed by atoms with van der Waals surface area (Å²) in [4.78, 5) is 8.22. The average Bonchev–Trinajstić information content (AvgIpc) is 2.52. The Balaban J connectivity index is 2.46. The van der Waals surface area contributed by atoms with E-state index in [9.17, 15) is 0 Å². The van der Waals surface area contributed by atoms with Crippen molar-refractivity contribution < 1.29 is 0 Å². The first-order chi connectivity index (χ1) is 6.25. The van der Waals surface area contributed by atoms with Crippen molar-refractivity contribution in [3.63, 3.8) is 0 Å². The van der Waals surface area contributed by atoms with E-state index < -0.39 is 0 Å². The zero-order valence-electron chi connectivity index (χ0n) is 6.24. The van der Waals surface area contributed by atoms with Gasteiger partial charge in [-0.15, -0.1) is 0 Å². The van der Waals surface area contributed by atoms with E-state index in [0.29, 0.717) is 5.82 Å². The summed E-state index contributed by atoms with van der Waals surface area (Å²) in [6, 6.07) is 1.93. The van der Waals surface area contributed by atoms with Crippen molar-refractivity contribution >= 4 is 43.4 Å². The highest BCUT2D eigenvalue weighted by Crippen LogP contribution is 2.22. The molecule has 0 spiro atoms. The van der Waals surface area contributed by atoms with Crippen LogP contribution in [0.1, 0.15) is 0 Å². The summed E-state index contributed by atoms with van der Waals surface area (Å²) < 4.78 is 5.86. The standard InChI is InChI=1S/C7H3Br2N3S/c8-5-1-4(2-10-3-5)6-11-7(9)13-12-6/h1-3H. The molecule has 0 saturated carbocycles. The van der Waals surface area contributed by atoms with E-state index >= 15 is 0 Å². The smallest absolute Gasteiger partial charge is 0.179 e. The normalized spacial score (nSPS) is 10.3. The zero-order valence-corrected chi connectivity index (χ0v) is 10.2. The molecule has 0 saturated heterocycles. The molecule has 0 N–H and O–H groups in total. The van der Waals surface area contributed by atoms with Crippen LogP contribution in [-0.4, -0.2) is 14.3 Å². The summed E-state index contributed by atoms with van der Waals surface area (Å²) in [6.07, 6.45) is 3.46. The van der Waals surface area contributed by atoms with E-state index in [4.69, 9.17) is 0 Å². The quantitative estimate of drug-likeness (QED) is 0.810. The molecule has 2 aromatic heterocycles. The Kier molecular flexibility index (Phi) is 2.71. The largest absolute Gasteiger partial charge is 0.263 e. The summed E-state index contributed by atoms with van der Waals surface area (Å²) in [5.41, 5.74) is 0.913. The van der Waals surface area contributed by atoms with Crippen LogP contribution >= 0.6 is 43.4 Å². The van der Waals surface area contributed by atoms with Crippen LogP contribution < -0.4 is 0 Å². The molecule has 0 bridgehead atoms. The fourth-order valence-electron chi connectivity index (χ4n) is 0.856. The Bertz CT molecular complexity index is 429. The highest BCUT2D eigenvalue weighted by Gasteiger charge is 2.04. The SMILES string of the molecule is Brc1cncc(-c2nsc(Br)n2)c1. The molecule has 0 amide bonds. The summed E-state index contributed by atoms with van der Waals surface area (Å²) in [6.45, 7) is 0. The third kappa shape index (κ3) is 2.12. The first-order valence-corrected chi connectivity index (χ1v) is 5.72. The Labute approximate surface area is 95.7 Å². The maximum atomic E-state index is 4.19. The van der Waals surface area contributed by atoms with Crippen LogP contribution in [-0.2, 0) is 0 Å². The van der Waals surface area contributed by atoms with Crippen molar-refractivity contribution in [1.82, 2.24) is 14.3 Å². The van der Waals surface area contributed by atoms with Crippen LogP contribution in [0.5, 0.6) is 0 Å². The predicted molar refractivity (Wildman–Crippen MR) is 58.5 cm³/mol. The molecule has 0 unspecified atom stereocenters. The van der Waals surface area contributed by atoms with Gasteiger partial charge in [0.05, 0.1) is 0 Å². The predicted octanol–water partition coefficient (Wildman–Crippen LogP) is 3.13. The summed E-state index contributed by atoms with van der Waals surface area (Å²) in [5, 5.41) is 0. The lowest BCUT2D eigenvalue weighted by molar-refractivity contribution is 1.25. The fraction of sp³-hybridized carbons (Fsp3) is 0. The van der Waals surface area contributed by atoms with Crippen molar-refractivity contribution in [2.45, 2.75) is 0 Å². The van der Waals surface area contributed by atoms with Gasteiger partial charge in [-0.3, -0.25) is 4.98 Å². The van der Waals surface area contributed by atoms with Crippen molar-refractivity contribution in [3.8, 4) is 11.4 Å². The highest BCUT2D eigenvalue weighted by molar-refractivity contribution is 9.11. The van der Waals surface area contributed by atoms with Gasteiger partial charge in [0.15, 0.2) is 9.74 Å². The molecule has 66 valence electrons. The minimum atomic E-state index is 0.700. The lowest BCUT2D eigenvalue weighted by atomic mass is 10.3. The van der Waals surface area contributed by atoms with Crippen molar-refractivity contribution in [2.24, 2.45) is 0 Å². The van der Waals surface area contributed by atoms with E-state index in [1.54, 1.807) is 12.4 Å². The molecule has 0 fully saturated rings. The Hall–Kier alpha value is -0.330. The summed E-state index contributed by atoms with van der Waals surface area (Å²) in [5.74, 6) is 0.700. The van der Waals surface area contributed by atoms with Crippen LogP contribution in [0.25, 0.3) is 11.4 Å². The van der Waals surface area contributed by atoms with Crippen LogP contribution in [0.2, 0.25) is 0 Å². The van der Waals surface area contributed by atoms with E-state index in [-0.39, 0.29) is 0 Å². The van der Waals surface area contributed by atoms with Gasteiger partial charge in [0.1, 0.15) is 0 Å². The number of hydrogen-bond acceptors (Lipinski definition) is 4. The molecule has 0 aliphatic heterocycles. The molecule has 2 aromatic rings. The summed E-state index contributed by atoms with van der Waals surface area (Å²) >= 11 is 7.92. The first-order valence-electron chi connectivity index (χ1n) is 3.36. The molecule has 0 atom stereocenters. The third-order valence-electron chi connectivity index (χ3n) is 1.36. The first kappa shape index (κ1) is 9.23. The minimum Gasteiger partial charge on any atom is -0.263 e. The Morgan fingerprint density at radius 1 is 1.23 bits per heavy atom. The van der Waals surface area contributed by atoms with Crippen LogP contribution in [0.15, 0.2) is 26.8 Å². The van der Waals surface area contributed by atoms with Crippen molar-refractivity contribution in [3.05, 3.63) is 26.8 Å². The zero-order chi connectivity index (χ0) is 9.26. The van der Waals surface area contributed by atoms with Gasteiger partial charge in [-0.1, -0.05) is 0 Å². The maximum Gasteiger partial charge on any atom is 0.179 e. The Morgan fingerprint density at radius 2 is 2.08 bits per heavy atom. The number of nitrogens with zero attached hydrogens (tertiary/aromatic N) is 3. The average molecular weight is 321 g/mol. The van der Waals surface area contributed by atoms with E-state index in [1.807, 2.05) is 6.07 Å².